The number of amides is 1. The topological polar surface area (TPSA) is 42.0 Å². The van der Waals surface area contributed by atoms with Crippen molar-refractivity contribution in [1.82, 2.24) is 4.98 Å². The molecule has 24 heavy (non-hydrogen) atoms. The normalized spacial score (nSPS) is 10.6. The molecule has 0 saturated heterocycles. The van der Waals surface area contributed by atoms with Crippen LogP contribution in [-0.2, 0) is 4.79 Å². The molecule has 1 N–H and O–H groups in total. The Balaban J connectivity index is 1.57. The lowest BCUT2D eigenvalue weighted by atomic mass is 10.2. The lowest BCUT2D eigenvalue weighted by molar-refractivity contribution is -0.113. The first-order valence-corrected chi connectivity index (χ1v) is 9.24. The van der Waals surface area contributed by atoms with Gasteiger partial charge in [-0.1, -0.05) is 23.7 Å². The SMILES string of the molecule is O=C(CSc1ccc(F)cc1)Nc1nc(-c2ccc(Cl)cc2)cs1. The van der Waals surface area contributed by atoms with E-state index in [0.717, 1.165) is 16.2 Å². The Morgan fingerprint density at radius 2 is 1.88 bits per heavy atom. The van der Waals surface area contributed by atoms with Crippen molar-refractivity contribution in [2.24, 2.45) is 0 Å². The Hall–Kier alpha value is -1.89. The van der Waals surface area contributed by atoms with E-state index >= 15 is 0 Å². The molecule has 1 heterocycles. The summed E-state index contributed by atoms with van der Waals surface area (Å²) in [5.41, 5.74) is 1.73. The molecule has 1 aromatic heterocycles. The zero-order valence-electron chi connectivity index (χ0n) is 12.3. The van der Waals surface area contributed by atoms with Gasteiger partial charge in [0.1, 0.15) is 5.82 Å². The van der Waals surface area contributed by atoms with Crippen molar-refractivity contribution >= 4 is 45.7 Å². The van der Waals surface area contributed by atoms with Crippen molar-refractivity contribution in [3.8, 4) is 11.3 Å². The second-order valence-electron chi connectivity index (χ2n) is 4.84. The summed E-state index contributed by atoms with van der Waals surface area (Å²) in [6.07, 6.45) is 0. The van der Waals surface area contributed by atoms with Gasteiger partial charge in [-0.2, -0.15) is 0 Å². The molecule has 122 valence electrons. The number of carbonyl (C=O) groups excluding carboxylic acids is 1. The molecule has 0 radical (unpaired) electrons. The summed E-state index contributed by atoms with van der Waals surface area (Å²) in [4.78, 5) is 17.2. The van der Waals surface area contributed by atoms with Gasteiger partial charge in [0.25, 0.3) is 0 Å². The molecular formula is C17H12ClFN2OS2. The van der Waals surface area contributed by atoms with E-state index in [2.05, 4.69) is 10.3 Å². The molecule has 3 nitrogen and oxygen atoms in total. The molecule has 3 aromatic rings. The number of halogens is 2. The van der Waals surface area contributed by atoms with Gasteiger partial charge in [-0.3, -0.25) is 4.79 Å². The molecule has 3 rings (SSSR count). The highest BCUT2D eigenvalue weighted by molar-refractivity contribution is 8.00. The summed E-state index contributed by atoms with van der Waals surface area (Å²) in [6.45, 7) is 0. The highest BCUT2D eigenvalue weighted by Gasteiger charge is 2.09. The molecule has 0 fully saturated rings. The number of benzene rings is 2. The summed E-state index contributed by atoms with van der Waals surface area (Å²) in [5.74, 6) is -0.204. The third-order valence-corrected chi connectivity index (χ3v) is 5.10. The standard InChI is InChI=1S/C17H12ClFN2OS2/c18-12-3-1-11(2-4-12)15-9-24-17(20-15)21-16(22)10-23-14-7-5-13(19)6-8-14/h1-9H,10H2,(H,20,21,22). The Kier molecular flexibility index (Phi) is 5.50. The van der Waals surface area contributed by atoms with E-state index in [-0.39, 0.29) is 17.5 Å². The van der Waals surface area contributed by atoms with Crippen LogP contribution in [0.4, 0.5) is 9.52 Å². The molecular weight excluding hydrogens is 367 g/mol. The van der Waals surface area contributed by atoms with Gasteiger partial charge in [-0.05, 0) is 36.4 Å². The lowest BCUT2D eigenvalue weighted by Gasteiger charge is -2.02. The second-order valence-corrected chi connectivity index (χ2v) is 7.18. The predicted molar refractivity (Wildman–Crippen MR) is 98.3 cm³/mol. The van der Waals surface area contributed by atoms with Crippen molar-refractivity contribution in [3.05, 3.63) is 64.8 Å². The minimum Gasteiger partial charge on any atom is -0.301 e. The van der Waals surface area contributed by atoms with Crippen molar-refractivity contribution < 1.29 is 9.18 Å². The number of carbonyl (C=O) groups is 1. The predicted octanol–water partition coefficient (Wildman–Crippen LogP) is 5.33. The number of nitrogens with zero attached hydrogens (tertiary/aromatic N) is 1. The van der Waals surface area contributed by atoms with E-state index in [1.165, 1.54) is 35.2 Å². The molecule has 0 aliphatic rings. The summed E-state index contributed by atoms with van der Waals surface area (Å²) in [7, 11) is 0. The maximum absolute atomic E-state index is 12.8. The summed E-state index contributed by atoms with van der Waals surface area (Å²) < 4.78 is 12.8. The fraction of sp³-hybridized carbons (Fsp3) is 0.0588. The molecule has 0 aliphatic carbocycles. The van der Waals surface area contributed by atoms with Crippen LogP contribution in [-0.4, -0.2) is 16.6 Å². The van der Waals surface area contributed by atoms with E-state index < -0.39 is 0 Å². The van der Waals surface area contributed by atoms with Gasteiger partial charge in [-0.25, -0.2) is 9.37 Å². The fourth-order valence-electron chi connectivity index (χ4n) is 1.92. The molecule has 0 spiro atoms. The third-order valence-electron chi connectivity index (χ3n) is 3.07. The quantitative estimate of drug-likeness (QED) is 0.610. The molecule has 2 aromatic carbocycles. The van der Waals surface area contributed by atoms with Gasteiger partial charge in [-0.15, -0.1) is 23.1 Å². The Bertz CT molecular complexity index is 835. The van der Waals surface area contributed by atoms with Crippen LogP contribution in [0.25, 0.3) is 11.3 Å². The zero-order chi connectivity index (χ0) is 16.9. The zero-order valence-corrected chi connectivity index (χ0v) is 14.7. The van der Waals surface area contributed by atoms with E-state index in [0.29, 0.717) is 10.2 Å². The van der Waals surface area contributed by atoms with Crippen LogP contribution in [0.1, 0.15) is 0 Å². The van der Waals surface area contributed by atoms with Gasteiger partial charge in [0.15, 0.2) is 5.13 Å². The van der Waals surface area contributed by atoms with Crippen molar-refractivity contribution in [2.45, 2.75) is 4.90 Å². The summed E-state index contributed by atoms with van der Waals surface area (Å²) in [5, 5.41) is 5.87. The van der Waals surface area contributed by atoms with Gasteiger partial charge in [0.2, 0.25) is 5.91 Å². The van der Waals surface area contributed by atoms with E-state index in [9.17, 15) is 9.18 Å². The third kappa shape index (κ3) is 4.56. The number of nitrogens with one attached hydrogen (secondary N) is 1. The average molecular weight is 379 g/mol. The fourth-order valence-corrected chi connectivity index (χ4v) is 3.48. The molecule has 0 unspecified atom stereocenters. The Morgan fingerprint density at radius 3 is 2.58 bits per heavy atom. The number of thioether (sulfide) groups is 1. The van der Waals surface area contributed by atoms with Crippen LogP contribution in [0, 0.1) is 5.82 Å². The smallest absolute Gasteiger partial charge is 0.236 e. The first-order valence-electron chi connectivity index (χ1n) is 7.00. The second kappa shape index (κ2) is 7.79. The maximum atomic E-state index is 12.8. The number of thiazole rings is 1. The van der Waals surface area contributed by atoms with Crippen molar-refractivity contribution in [2.75, 3.05) is 11.1 Å². The van der Waals surface area contributed by atoms with Crippen LogP contribution in [0.5, 0.6) is 0 Å². The van der Waals surface area contributed by atoms with E-state index in [1.54, 1.807) is 24.3 Å². The van der Waals surface area contributed by atoms with Crippen LogP contribution < -0.4 is 5.32 Å². The van der Waals surface area contributed by atoms with Crippen LogP contribution in [0.3, 0.4) is 0 Å². The van der Waals surface area contributed by atoms with E-state index in [1.807, 2.05) is 17.5 Å². The maximum Gasteiger partial charge on any atom is 0.236 e. The monoisotopic (exact) mass is 378 g/mol. The number of anilines is 1. The first-order chi connectivity index (χ1) is 11.6. The highest BCUT2D eigenvalue weighted by atomic mass is 35.5. The molecule has 1 amide bonds. The van der Waals surface area contributed by atoms with Crippen LogP contribution in [0.15, 0.2) is 58.8 Å². The number of rotatable bonds is 5. The van der Waals surface area contributed by atoms with Gasteiger partial charge < -0.3 is 5.32 Å². The van der Waals surface area contributed by atoms with Crippen LogP contribution in [0.2, 0.25) is 5.02 Å². The largest absolute Gasteiger partial charge is 0.301 e. The average Bonchev–Trinajstić information content (AvgIpc) is 3.03. The lowest BCUT2D eigenvalue weighted by Crippen LogP contribution is -2.13. The molecule has 0 saturated carbocycles. The minimum atomic E-state index is -0.290. The van der Waals surface area contributed by atoms with Crippen LogP contribution >= 0.6 is 34.7 Å². The van der Waals surface area contributed by atoms with Gasteiger partial charge in [0.05, 0.1) is 11.4 Å². The molecule has 7 heteroatoms. The van der Waals surface area contributed by atoms with Gasteiger partial charge >= 0.3 is 0 Å². The highest BCUT2D eigenvalue weighted by Crippen LogP contribution is 2.26. The molecule has 0 bridgehead atoms. The summed E-state index contributed by atoms with van der Waals surface area (Å²) >= 11 is 8.58. The van der Waals surface area contributed by atoms with Gasteiger partial charge in [0, 0.05) is 20.9 Å². The number of aromatic nitrogens is 1. The number of hydrogen-bond donors (Lipinski definition) is 1. The van der Waals surface area contributed by atoms with E-state index in [4.69, 9.17) is 11.6 Å². The number of hydrogen-bond acceptors (Lipinski definition) is 4. The summed E-state index contributed by atoms with van der Waals surface area (Å²) in [6, 6.07) is 13.4. The first kappa shape index (κ1) is 17.0. The van der Waals surface area contributed by atoms with Crippen molar-refractivity contribution in [1.29, 1.82) is 0 Å². The molecule has 0 aliphatic heterocycles. The Morgan fingerprint density at radius 1 is 1.17 bits per heavy atom. The minimum absolute atomic E-state index is 0.152. The van der Waals surface area contributed by atoms with Crippen molar-refractivity contribution in [3.63, 3.8) is 0 Å². The Labute approximate surface area is 151 Å². The molecule has 0 atom stereocenters.